The van der Waals surface area contributed by atoms with Gasteiger partial charge in [-0.25, -0.2) is 4.98 Å². The Bertz CT molecular complexity index is 735. The molecule has 1 aromatic carbocycles. The molecule has 0 saturated carbocycles. The van der Waals surface area contributed by atoms with Crippen molar-refractivity contribution in [3.05, 3.63) is 41.7 Å². The number of amides is 1. The first-order chi connectivity index (χ1) is 11.1. The number of ether oxygens (including phenoxy) is 2. The Labute approximate surface area is 146 Å². The molecule has 1 unspecified atom stereocenters. The van der Waals surface area contributed by atoms with Crippen molar-refractivity contribution in [1.82, 2.24) is 4.98 Å². The fourth-order valence-electron chi connectivity index (χ4n) is 2.54. The molecule has 3 rings (SSSR count). The highest BCUT2D eigenvalue weighted by atomic mass is 35.5. The zero-order chi connectivity index (χ0) is 16.4. The average Bonchev–Trinajstić information content (AvgIpc) is 2.87. The maximum absolute atomic E-state index is 12.3. The lowest BCUT2D eigenvalue weighted by Crippen LogP contribution is -2.14. The maximum Gasteiger partial charge on any atom is 0.274 e. The smallest absolute Gasteiger partial charge is 0.274 e. The van der Waals surface area contributed by atoms with E-state index in [0.717, 1.165) is 17.7 Å². The lowest BCUT2D eigenvalue weighted by molar-refractivity contribution is 0.102. The molecule has 2 aromatic rings. The van der Waals surface area contributed by atoms with Gasteiger partial charge in [-0.15, -0.1) is 12.4 Å². The number of carbonyl (C=O) groups excluding carboxylic acids is 1. The van der Waals surface area contributed by atoms with E-state index in [9.17, 15) is 4.79 Å². The number of nitrogens with zero attached hydrogens (tertiary/aromatic N) is 1. The van der Waals surface area contributed by atoms with Crippen molar-refractivity contribution in [3.63, 3.8) is 0 Å². The van der Waals surface area contributed by atoms with Gasteiger partial charge in [-0.05, 0) is 32.0 Å². The standard InChI is InChI=1S/C17H19N3O3.ClH/c1-3-22-16-7-11-6-10(2)23-15(11)8-14(16)20-17(21)13-5-4-12(18)9-19-13;/h4-5,7-10H,3,6,18H2,1-2H3,(H,20,21);1H. The molecule has 2 heterocycles. The fourth-order valence-corrected chi connectivity index (χ4v) is 2.54. The van der Waals surface area contributed by atoms with Crippen LogP contribution < -0.4 is 20.5 Å². The Kier molecular flexibility index (Phi) is 5.51. The Balaban J connectivity index is 0.00000208. The number of fused-ring (bicyclic) bond motifs is 1. The summed E-state index contributed by atoms with van der Waals surface area (Å²) in [5.41, 5.74) is 8.05. The van der Waals surface area contributed by atoms with Gasteiger partial charge >= 0.3 is 0 Å². The highest BCUT2D eigenvalue weighted by Gasteiger charge is 2.23. The minimum Gasteiger partial charge on any atom is -0.492 e. The highest BCUT2D eigenvalue weighted by Crippen LogP contribution is 2.38. The Morgan fingerprint density at radius 1 is 1.46 bits per heavy atom. The normalized spacial score (nSPS) is 15.0. The Hall–Kier alpha value is -2.47. The number of halogens is 1. The molecule has 0 saturated heterocycles. The van der Waals surface area contributed by atoms with Crippen LogP contribution in [0.2, 0.25) is 0 Å². The topological polar surface area (TPSA) is 86.5 Å². The largest absolute Gasteiger partial charge is 0.492 e. The molecule has 24 heavy (non-hydrogen) atoms. The first-order valence-corrected chi connectivity index (χ1v) is 7.56. The molecule has 128 valence electrons. The van der Waals surface area contributed by atoms with Crippen molar-refractivity contribution in [1.29, 1.82) is 0 Å². The number of benzene rings is 1. The summed E-state index contributed by atoms with van der Waals surface area (Å²) in [6.45, 7) is 4.43. The summed E-state index contributed by atoms with van der Waals surface area (Å²) in [6.07, 6.45) is 2.42. The van der Waals surface area contributed by atoms with Gasteiger partial charge in [0.15, 0.2) is 0 Å². The molecule has 0 spiro atoms. The summed E-state index contributed by atoms with van der Waals surface area (Å²) in [5.74, 6) is 1.09. The third-order valence-electron chi connectivity index (χ3n) is 3.57. The molecule has 7 heteroatoms. The molecule has 0 aliphatic carbocycles. The number of pyridine rings is 1. The van der Waals surface area contributed by atoms with Gasteiger partial charge in [0.25, 0.3) is 5.91 Å². The minimum absolute atomic E-state index is 0. The molecule has 1 atom stereocenters. The van der Waals surface area contributed by atoms with Crippen LogP contribution >= 0.6 is 12.4 Å². The van der Waals surface area contributed by atoms with Crippen molar-refractivity contribution in [2.24, 2.45) is 0 Å². The van der Waals surface area contributed by atoms with Gasteiger partial charge in [0.05, 0.1) is 24.2 Å². The van der Waals surface area contributed by atoms with E-state index in [1.807, 2.05) is 19.9 Å². The van der Waals surface area contributed by atoms with Crippen LogP contribution in [0.1, 0.15) is 29.9 Å². The lowest BCUT2D eigenvalue weighted by atomic mass is 10.1. The summed E-state index contributed by atoms with van der Waals surface area (Å²) in [4.78, 5) is 16.4. The summed E-state index contributed by atoms with van der Waals surface area (Å²) in [5, 5.41) is 2.83. The predicted octanol–water partition coefficient (Wildman–Crippen LogP) is 3.06. The Morgan fingerprint density at radius 2 is 2.25 bits per heavy atom. The number of nitrogens with two attached hydrogens (primary N) is 1. The van der Waals surface area contributed by atoms with Crippen LogP contribution in [0.5, 0.6) is 11.5 Å². The summed E-state index contributed by atoms with van der Waals surface area (Å²) in [7, 11) is 0. The second-order valence-electron chi connectivity index (χ2n) is 5.45. The number of nitrogen functional groups attached to an aromatic ring is 1. The maximum atomic E-state index is 12.3. The van der Waals surface area contributed by atoms with E-state index in [1.54, 1.807) is 18.2 Å². The number of carbonyl (C=O) groups is 1. The van der Waals surface area contributed by atoms with Crippen LogP contribution in [0.4, 0.5) is 11.4 Å². The number of hydrogen-bond donors (Lipinski definition) is 2. The minimum atomic E-state index is -0.322. The molecule has 0 radical (unpaired) electrons. The van der Waals surface area contributed by atoms with E-state index in [0.29, 0.717) is 23.7 Å². The molecular formula is C17H20ClN3O3. The van der Waals surface area contributed by atoms with Gasteiger partial charge in [-0.2, -0.15) is 0 Å². The lowest BCUT2D eigenvalue weighted by Gasteiger charge is -2.13. The number of anilines is 2. The molecule has 1 aliphatic rings. The third-order valence-corrected chi connectivity index (χ3v) is 3.57. The van der Waals surface area contributed by atoms with E-state index in [-0.39, 0.29) is 30.1 Å². The van der Waals surface area contributed by atoms with Gasteiger partial charge in [0.2, 0.25) is 0 Å². The van der Waals surface area contributed by atoms with Crippen molar-refractivity contribution in [2.75, 3.05) is 17.7 Å². The van der Waals surface area contributed by atoms with Crippen molar-refractivity contribution in [3.8, 4) is 11.5 Å². The van der Waals surface area contributed by atoms with Gasteiger partial charge in [-0.3, -0.25) is 4.79 Å². The van der Waals surface area contributed by atoms with E-state index in [2.05, 4.69) is 10.3 Å². The van der Waals surface area contributed by atoms with E-state index < -0.39 is 0 Å². The molecular weight excluding hydrogens is 330 g/mol. The van der Waals surface area contributed by atoms with Crippen molar-refractivity contribution < 1.29 is 14.3 Å². The predicted molar refractivity (Wildman–Crippen MR) is 95.3 cm³/mol. The first kappa shape index (κ1) is 17.9. The zero-order valence-electron chi connectivity index (χ0n) is 13.5. The van der Waals surface area contributed by atoms with Crippen molar-refractivity contribution in [2.45, 2.75) is 26.4 Å². The number of aromatic nitrogens is 1. The van der Waals surface area contributed by atoms with Gasteiger partial charge in [0, 0.05) is 18.1 Å². The van der Waals surface area contributed by atoms with Crippen LogP contribution in [0.3, 0.4) is 0 Å². The summed E-state index contributed by atoms with van der Waals surface area (Å²) in [6, 6.07) is 6.95. The summed E-state index contributed by atoms with van der Waals surface area (Å²) >= 11 is 0. The van der Waals surface area contributed by atoms with E-state index in [1.165, 1.54) is 6.20 Å². The molecule has 1 aromatic heterocycles. The number of rotatable bonds is 4. The van der Waals surface area contributed by atoms with Crippen LogP contribution in [0, 0.1) is 0 Å². The zero-order valence-corrected chi connectivity index (χ0v) is 14.4. The SMILES string of the molecule is CCOc1cc2c(cc1NC(=O)c1ccc(N)cn1)OC(C)C2.Cl. The Morgan fingerprint density at radius 3 is 2.92 bits per heavy atom. The molecule has 0 bridgehead atoms. The van der Waals surface area contributed by atoms with E-state index in [4.69, 9.17) is 15.2 Å². The van der Waals surface area contributed by atoms with Gasteiger partial charge < -0.3 is 20.5 Å². The van der Waals surface area contributed by atoms with Crippen molar-refractivity contribution >= 4 is 29.7 Å². The van der Waals surface area contributed by atoms with E-state index >= 15 is 0 Å². The molecule has 3 N–H and O–H groups in total. The van der Waals surface area contributed by atoms with Crippen LogP contribution in [0.25, 0.3) is 0 Å². The first-order valence-electron chi connectivity index (χ1n) is 7.56. The number of nitrogens with one attached hydrogen (secondary N) is 1. The van der Waals surface area contributed by atoms with Gasteiger partial charge in [0.1, 0.15) is 23.3 Å². The van der Waals surface area contributed by atoms with Gasteiger partial charge in [-0.1, -0.05) is 0 Å². The molecule has 6 nitrogen and oxygen atoms in total. The third kappa shape index (κ3) is 3.71. The second kappa shape index (κ2) is 7.40. The summed E-state index contributed by atoms with van der Waals surface area (Å²) < 4.78 is 11.4. The monoisotopic (exact) mass is 349 g/mol. The molecule has 1 amide bonds. The van der Waals surface area contributed by atoms with Crippen LogP contribution in [0.15, 0.2) is 30.5 Å². The molecule has 1 aliphatic heterocycles. The quantitative estimate of drug-likeness (QED) is 0.885. The fraction of sp³-hybridized carbons (Fsp3) is 0.294. The average molecular weight is 350 g/mol. The second-order valence-corrected chi connectivity index (χ2v) is 5.45. The number of hydrogen-bond acceptors (Lipinski definition) is 5. The van der Waals surface area contributed by atoms with Crippen LogP contribution in [-0.2, 0) is 6.42 Å². The van der Waals surface area contributed by atoms with Crippen LogP contribution in [-0.4, -0.2) is 23.6 Å². The molecule has 0 fully saturated rings. The highest BCUT2D eigenvalue weighted by molar-refractivity contribution is 6.04.